The van der Waals surface area contributed by atoms with Crippen LogP contribution >= 0.6 is 0 Å². The minimum absolute atomic E-state index is 0.0621. The van der Waals surface area contributed by atoms with Gasteiger partial charge in [0.25, 0.3) is 0 Å². The second kappa shape index (κ2) is 4.66. The molecule has 0 aromatic heterocycles. The molecule has 3 heteroatoms. The van der Waals surface area contributed by atoms with Gasteiger partial charge in [0, 0.05) is 6.42 Å². The van der Waals surface area contributed by atoms with Gasteiger partial charge in [0.1, 0.15) is 0 Å². The van der Waals surface area contributed by atoms with Crippen molar-refractivity contribution in [1.82, 2.24) is 0 Å². The van der Waals surface area contributed by atoms with Crippen LogP contribution in [-0.4, -0.2) is 28.2 Å². The van der Waals surface area contributed by atoms with Gasteiger partial charge in [-0.25, -0.2) is 0 Å². The number of hydrogen-bond acceptors (Lipinski definition) is 3. The van der Waals surface area contributed by atoms with E-state index in [1.807, 2.05) is 0 Å². The van der Waals surface area contributed by atoms with Gasteiger partial charge in [-0.3, -0.25) is 4.79 Å². The lowest BCUT2D eigenvalue weighted by molar-refractivity contribution is -0.117. The molecule has 0 amide bonds. The van der Waals surface area contributed by atoms with Crippen molar-refractivity contribution in [3.05, 3.63) is 11.6 Å². The van der Waals surface area contributed by atoms with Crippen molar-refractivity contribution in [2.45, 2.75) is 64.1 Å². The Hall–Kier alpha value is -0.670. The van der Waals surface area contributed by atoms with E-state index >= 15 is 0 Å². The molecule has 0 unspecified atom stereocenters. The van der Waals surface area contributed by atoms with Gasteiger partial charge in [-0.1, -0.05) is 6.92 Å². The fourth-order valence-corrected chi connectivity index (χ4v) is 6.16. The molecular weight excluding hydrogens is 264 g/mol. The molecule has 116 valence electrons. The number of aliphatic hydroxyl groups excluding tert-OH is 2. The van der Waals surface area contributed by atoms with E-state index in [9.17, 15) is 15.0 Å². The van der Waals surface area contributed by atoms with Gasteiger partial charge in [0.15, 0.2) is 5.78 Å². The monoisotopic (exact) mass is 290 g/mol. The maximum Gasteiger partial charge on any atom is 0.155 e. The number of carbonyl (C=O) groups excluding carboxylic acids is 1. The van der Waals surface area contributed by atoms with E-state index in [0.29, 0.717) is 30.1 Å². The topological polar surface area (TPSA) is 57.5 Å². The third kappa shape index (κ3) is 1.90. The molecular formula is C18H26O3. The largest absolute Gasteiger partial charge is 0.393 e. The average Bonchev–Trinajstić information content (AvgIpc) is 2.76. The first kappa shape index (κ1) is 14.0. The van der Waals surface area contributed by atoms with Gasteiger partial charge in [0.2, 0.25) is 0 Å². The summed E-state index contributed by atoms with van der Waals surface area (Å²) in [4.78, 5) is 11.7. The maximum absolute atomic E-state index is 11.7. The summed E-state index contributed by atoms with van der Waals surface area (Å²) in [6, 6.07) is 0. The first-order valence-corrected chi connectivity index (χ1v) is 8.61. The summed E-state index contributed by atoms with van der Waals surface area (Å²) in [7, 11) is 0. The minimum atomic E-state index is -0.430. The number of aliphatic hydroxyl groups is 2. The minimum Gasteiger partial charge on any atom is -0.393 e. The summed E-state index contributed by atoms with van der Waals surface area (Å²) in [6.07, 6.45) is 7.81. The van der Waals surface area contributed by atoms with E-state index in [4.69, 9.17) is 0 Å². The SMILES string of the molecule is C[C@]12CC[C@H]3[C@@H](C[C@@H](O)C4=CC(=O)CC[C@@H]43)[C@@H]1CC[C@@H]2O. The van der Waals surface area contributed by atoms with Crippen LogP contribution in [0.15, 0.2) is 11.6 Å². The van der Waals surface area contributed by atoms with Crippen LogP contribution < -0.4 is 0 Å². The average molecular weight is 290 g/mol. The van der Waals surface area contributed by atoms with E-state index in [2.05, 4.69) is 6.92 Å². The Morgan fingerprint density at radius 3 is 2.76 bits per heavy atom. The van der Waals surface area contributed by atoms with E-state index in [1.165, 1.54) is 0 Å². The molecule has 0 spiro atoms. The molecule has 0 aliphatic heterocycles. The van der Waals surface area contributed by atoms with E-state index in [-0.39, 0.29) is 17.3 Å². The van der Waals surface area contributed by atoms with Crippen molar-refractivity contribution in [2.75, 3.05) is 0 Å². The zero-order chi connectivity index (χ0) is 14.8. The summed E-state index contributed by atoms with van der Waals surface area (Å²) in [5.41, 5.74) is 1.08. The third-order valence-corrected chi connectivity index (χ3v) is 7.30. The summed E-state index contributed by atoms with van der Waals surface area (Å²) in [5, 5.41) is 20.9. The lowest BCUT2D eigenvalue weighted by Crippen LogP contribution is -2.50. The fraction of sp³-hybridized carbons (Fsp3) is 0.833. The van der Waals surface area contributed by atoms with Gasteiger partial charge in [-0.2, -0.15) is 0 Å². The Kier molecular flexibility index (Phi) is 3.10. The number of ketones is 1. The van der Waals surface area contributed by atoms with Gasteiger partial charge >= 0.3 is 0 Å². The normalized spacial score (nSPS) is 52.7. The second-order valence-corrected chi connectivity index (χ2v) is 8.08. The Morgan fingerprint density at radius 2 is 1.95 bits per heavy atom. The molecule has 0 aromatic rings. The molecule has 3 fully saturated rings. The Balaban J connectivity index is 1.67. The molecule has 7 atom stereocenters. The third-order valence-electron chi connectivity index (χ3n) is 7.30. The van der Waals surface area contributed by atoms with Crippen LogP contribution in [0.2, 0.25) is 0 Å². The van der Waals surface area contributed by atoms with Crippen molar-refractivity contribution >= 4 is 5.78 Å². The highest BCUT2D eigenvalue weighted by molar-refractivity contribution is 5.91. The predicted molar refractivity (Wildman–Crippen MR) is 79.5 cm³/mol. The molecule has 0 saturated heterocycles. The van der Waals surface area contributed by atoms with E-state index < -0.39 is 6.10 Å². The van der Waals surface area contributed by atoms with E-state index in [0.717, 1.165) is 44.1 Å². The molecule has 21 heavy (non-hydrogen) atoms. The summed E-state index contributed by atoms with van der Waals surface area (Å²) in [5.74, 6) is 2.32. The Bertz CT molecular complexity index is 497. The quantitative estimate of drug-likeness (QED) is 0.720. The zero-order valence-corrected chi connectivity index (χ0v) is 12.8. The molecule has 4 aliphatic carbocycles. The molecule has 4 rings (SSSR count). The van der Waals surface area contributed by atoms with Crippen molar-refractivity contribution in [3.8, 4) is 0 Å². The Labute approximate surface area is 126 Å². The molecule has 0 bridgehead atoms. The van der Waals surface area contributed by atoms with Crippen molar-refractivity contribution in [1.29, 1.82) is 0 Å². The van der Waals surface area contributed by atoms with Crippen LogP contribution in [-0.2, 0) is 4.79 Å². The maximum atomic E-state index is 11.7. The van der Waals surface area contributed by atoms with Crippen LogP contribution in [0, 0.1) is 29.1 Å². The smallest absolute Gasteiger partial charge is 0.155 e. The first-order valence-electron chi connectivity index (χ1n) is 8.61. The lowest BCUT2D eigenvalue weighted by Gasteiger charge is -2.54. The lowest BCUT2D eigenvalue weighted by atomic mass is 9.51. The second-order valence-electron chi connectivity index (χ2n) is 8.08. The summed E-state index contributed by atoms with van der Waals surface area (Å²) in [6.45, 7) is 2.26. The summed E-state index contributed by atoms with van der Waals surface area (Å²) < 4.78 is 0. The number of fused-ring (bicyclic) bond motifs is 5. The van der Waals surface area contributed by atoms with Crippen LogP contribution in [0.25, 0.3) is 0 Å². The highest BCUT2D eigenvalue weighted by Gasteiger charge is 2.57. The van der Waals surface area contributed by atoms with Crippen LogP contribution in [0.5, 0.6) is 0 Å². The van der Waals surface area contributed by atoms with Crippen LogP contribution in [0.1, 0.15) is 51.9 Å². The van der Waals surface area contributed by atoms with Gasteiger partial charge < -0.3 is 10.2 Å². The van der Waals surface area contributed by atoms with Gasteiger partial charge in [-0.05, 0) is 79.3 Å². The molecule has 4 aliphatic rings. The predicted octanol–water partition coefficient (Wildman–Crippen LogP) is 2.46. The number of rotatable bonds is 0. The van der Waals surface area contributed by atoms with Crippen molar-refractivity contribution < 1.29 is 15.0 Å². The molecule has 0 aromatic carbocycles. The highest BCUT2D eigenvalue weighted by atomic mass is 16.3. The Morgan fingerprint density at radius 1 is 1.14 bits per heavy atom. The molecule has 3 nitrogen and oxygen atoms in total. The fourth-order valence-electron chi connectivity index (χ4n) is 6.16. The molecule has 2 N–H and O–H groups in total. The molecule has 3 saturated carbocycles. The van der Waals surface area contributed by atoms with Crippen molar-refractivity contribution in [2.24, 2.45) is 29.1 Å². The first-order chi connectivity index (χ1) is 10.0. The van der Waals surface area contributed by atoms with Crippen LogP contribution in [0.3, 0.4) is 0 Å². The van der Waals surface area contributed by atoms with Crippen molar-refractivity contribution in [3.63, 3.8) is 0 Å². The molecule has 0 heterocycles. The number of hydrogen-bond donors (Lipinski definition) is 2. The van der Waals surface area contributed by atoms with Crippen LogP contribution in [0.4, 0.5) is 0 Å². The summed E-state index contributed by atoms with van der Waals surface area (Å²) >= 11 is 0. The molecule has 0 radical (unpaired) electrons. The number of carbonyl (C=O) groups is 1. The highest BCUT2D eigenvalue weighted by Crippen LogP contribution is 2.61. The standard InChI is InChI=1S/C18H26O3/c1-18-7-6-12-11-3-2-10(19)8-14(11)16(20)9-13(12)15(18)4-5-17(18)21/h8,11-13,15-17,20-21H,2-7,9H2,1H3/t11-,12-,13-,15+,16-,17+,18+/m1/s1. The van der Waals surface area contributed by atoms with Gasteiger partial charge in [0.05, 0.1) is 12.2 Å². The van der Waals surface area contributed by atoms with E-state index in [1.54, 1.807) is 6.08 Å². The van der Waals surface area contributed by atoms with Gasteiger partial charge in [-0.15, -0.1) is 0 Å². The zero-order valence-electron chi connectivity index (χ0n) is 12.8.